The number of rotatable bonds is 4. The number of carbonyl (C=O) groups excluding carboxylic acids is 2. The summed E-state index contributed by atoms with van der Waals surface area (Å²) in [6.07, 6.45) is -0.431. The maximum absolute atomic E-state index is 13.3. The highest BCUT2D eigenvalue weighted by atomic mass is 16.4. The second-order valence-corrected chi connectivity index (χ2v) is 8.69. The van der Waals surface area contributed by atoms with Gasteiger partial charge in [0.25, 0.3) is 5.91 Å². The van der Waals surface area contributed by atoms with Crippen molar-refractivity contribution in [3.05, 3.63) is 41.7 Å². The first-order valence-corrected chi connectivity index (χ1v) is 10.3. The van der Waals surface area contributed by atoms with Gasteiger partial charge in [0.2, 0.25) is 5.91 Å². The SMILES string of the molecule is CNC(=O)[C@@H](NC(=O)c1nc(-c2ccccc2)n2c1CN(C(=O)O)CCC2)C(C)(C)C. The quantitative estimate of drug-likeness (QED) is 0.692. The van der Waals surface area contributed by atoms with Gasteiger partial charge in [-0.05, 0) is 11.8 Å². The third kappa shape index (κ3) is 4.70. The number of amides is 3. The van der Waals surface area contributed by atoms with Crippen LogP contribution in [0.1, 0.15) is 43.4 Å². The molecule has 1 aromatic carbocycles. The van der Waals surface area contributed by atoms with Crippen molar-refractivity contribution < 1.29 is 19.5 Å². The molecule has 0 bridgehead atoms. The normalized spacial score (nSPS) is 14.9. The number of nitrogens with zero attached hydrogens (tertiary/aromatic N) is 3. The Kier molecular flexibility index (Phi) is 6.33. The van der Waals surface area contributed by atoms with E-state index in [9.17, 15) is 19.5 Å². The van der Waals surface area contributed by atoms with Crippen LogP contribution in [0.3, 0.4) is 0 Å². The molecule has 0 spiro atoms. The van der Waals surface area contributed by atoms with E-state index in [0.29, 0.717) is 31.0 Å². The van der Waals surface area contributed by atoms with Crippen LogP contribution in [0.5, 0.6) is 0 Å². The minimum absolute atomic E-state index is 0.0536. The monoisotopic (exact) mass is 427 g/mol. The molecule has 31 heavy (non-hydrogen) atoms. The van der Waals surface area contributed by atoms with Gasteiger partial charge in [-0.2, -0.15) is 0 Å². The number of likely N-dealkylation sites (N-methyl/N-ethyl adjacent to an activating group) is 1. The molecule has 0 radical (unpaired) electrons. The lowest BCUT2D eigenvalue weighted by Crippen LogP contribution is -2.53. The van der Waals surface area contributed by atoms with Gasteiger partial charge >= 0.3 is 6.09 Å². The zero-order valence-electron chi connectivity index (χ0n) is 18.3. The number of aromatic nitrogens is 2. The molecule has 3 N–H and O–H groups in total. The Morgan fingerprint density at radius 2 is 1.81 bits per heavy atom. The molecular weight excluding hydrogens is 398 g/mol. The molecule has 0 unspecified atom stereocenters. The molecule has 0 saturated heterocycles. The number of imidazole rings is 1. The Balaban J connectivity index is 2.07. The first-order chi connectivity index (χ1) is 14.6. The van der Waals surface area contributed by atoms with Crippen molar-refractivity contribution in [1.29, 1.82) is 0 Å². The lowest BCUT2D eigenvalue weighted by molar-refractivity contribution is -0.124. The Bertz CT molecular complexity index is 978. The molecule has 3 amide bonds. The summed E-state index contributed by atoms with van der Waals surface area (Å²) >= 11 is 0. The molecule has 9 nitrogen and oxygen atoms in total. The third-order valence-corrected chi connectivity index (χ3v) is 5.39. The molecule has 2 aromatic rings. The standard InChI is InChI=1S/C22H29N5O4/c1-22(2,3)17(20(29)23-4)25-19(28)16-15-13-26(21(30)31)11-8-12-27(15)18(24-16)14-9-6-5-7-10-14/h5-7,9-10,17H,8,11-13H2,1-4H3,(H,23,29)(H,25,28)(H,30,31)/t17-/m1/s1. The van der Waals surface area contributed by atoms with Gasteiger partial charge in [-0.3, -0.25) is 9.59 Å². The number of hydrogen-bond donors (Lipinski definition) is 3. The number of carbonyl (C=O) groups is 3. The van der Waals surface area contributed by atoms with Crippen molar-refractivity contribution in [3.63, 3.8) is 0 Å². The van der Waals surface area contributed by atoms with E-state index < -0.39 is 23.5 Å². The second kappa shape index (κ2) is 8.79. The van der Waals surface area contributed by atoms with Gasteiger partial charge in [0.05, 0.1) is 12.2 Å². The first-order valence-electron chi connectivity index (χ1n) is 10.3. The van der Waals surface area contributed by atoms with Gasteiger partial charge in [0.15, 0.2) is 5.69 Å². The summed E-state index contributed by atoms with van der Waals surface area (Å²) in [5, 5.41) is 14.9. The first kappa shape index (κ1) is 22.3. The number of benzene rings is 1. The van der Waals surface area contributed by atoms with Crippen LogP contribution in [0, 0.1) is 5.41 Å². The van der Waals surface area contributed by atoms with Crippen LogP contribution in [0.25, 0.3) is 11.4 Å². The largest absolute Gasteiger partial charge is 0.465 e. The van der Waals surface area contributed by atoms with Gasteiger partial charge < -0.3 is 25.2 Å². The summed E-state index contributed by atoms with van der Waals surface area (Å²) in [4.78, 5) is 43.3. The number of fused-ring (bicyclic) bond motifs is 1. The van der Waals surface area contributed by atoms with E-state index in [1.807, 2.05) is 55.7 Å². The number of hydrogen-bond acceptors (Lipinski definition) is 4. The molecule has 166 valence electrons. The van der Waals surface area contributed by atoms with Crippen LogP contribution in [0.4, 0.5) is 4.79 Å². The molecule has 1 aliphatic rings. The molecule has 2 heterocycles. The second-order valence-electron chi connectivity index (χ2n) is 8.69. The van der Waals surface area contributed by atoms with E-state index in [1.165, 1.54) is 11.9 Å². The fourth-order valence-corrected chi connectivity index (χ4v) is 3.74. The van der Waals surface area contributed by atoms with E-state index in [0.717, 1.165) is 5.56 Å². The predicted molar refractivity (Wildman–Crippen MR) is 115 cm³/mol. The maximum Gasteiger partial charge on any atom is 0.407 e. The van der Waals surface area contributed by atoms with Gasteiger partial charge in [-0.15, -0.1) is 0 Å². The zero-order chi connectivity index (χ0) is 22.8. The lowest BCUT2D eigenvalue weighted by atomic mass is 9.86. The van der Waals surface area contributed by atoms with Crippen molar-refractivity contribution in [2.24, 2.45) is 5.41 Å². The average molecular weight is 428 g/mol. The van der Waals surface area contributed by atoms with E-state index in [4.69, 9.17) is 0 Å². The van der Waals surface area contributed by atoms with Crippen molar-refractivity contribution in [2.75, 3.05) is 13.6 Å². The van der Waals surface area contributed by atoms with E-state index in [2.05, 4.69) is 15.6 Å². The van der Waals surface area contributed by atoms with Gasteiger partial charge in [-0.1, -0.05) is 51.1 Å². The zero-order valence-corrected chi connectivity index (χ0v) is 18.3. The molecule has 0 saturated carbocycles. The Morgan fingerprint density at radius 1 is 1.13 bits per heavy atom. The summed E-state index contributed by atoms with van der Waals surface area (Å²) < 4.78 is 1.92. The van der Waals surface area contributed by atoms with E-state index >= 15 is 0 Å². The van der Waals surface area contributed by atoms with Crippen LogP contribution in [-0.2, 0) is 17.9 Å². The highest BCUT2D eigenvalue weighted by molar-refractivity contribution is 5.98. The summed E-state index contributed by atoms with van der Waals surface area (Å²) in [6.45, 7) is 6.56. The molecule has 1 aromatic heterocycles. The van der Waals surface area contributed by atoms with Crippen molar-refractivity contribution in [3.8, 4) is 11.4 Å². The third-order valence-electron chi connectivity index (χ3n) is 5.39. The van der Waals surface area contributed by atoms with Crippen molar-refractivity contribution in [2.45, 2.75) is 46.3 Å². The van der Waals surface area contributed by atoms with Crippen LogP contribution >= 0.6 is 0 Å². The minimum atomic E-state index is -1.04. The van der Waals surface area contributed by atoms with Crippen LogP contribution in [0.15, 0.2) is 30.3 Å². The predicted octanol–water partition coefficient (Wildman–Crippen LogP) is 2.32. The Morgan fingerprint density at radius 3 is 2.39 bits per heavy atom. The highest BCUT2D eigenvalue weighted by Gasteiger charge is 2.35. The van der Waals surface area contributed by atoms with Crippen molar-refractivity contribution >= 4 is 17.9 Å². The van der Waals surface area contributed by atoms with Crippen LogP contribution < -0.4 is 10.6 Å². The van der Waals surface area contributed by atoms with Gasteiger partial charge in [-0.25, -0.2) is 9.78 Å². The van der Waals surface area contributed by atoms with Crippen molar-refractivity contribution in [1.82, 2.24) is 25.1 Å². The maximum atomic E-state index is 13.3. The van der Waals surface area contributed by atoms with Gasteiger partial charge in [0.1, 0.15) is 11.9 Å². The molecule has 9 heteroatoms. The molecule has 0 fully saturated rings. The summed E-state index contributed by atoms with van der Waals surface area (Å²) in [6, 6.07) is 8.70. The summed E-state index contributed by atoms with van der Waals surface area (Å²) in [5.41, 5.74) is 0.984. The smallest absolute Gasteiger partial charge is 0.407 e. The van der Waals surface area contributed by atoms with E-state index in [1.54, 1.807) is 0 Å². The fourth-order valence-electron chi connectivity index (χ4n) is 3.74. The van der Waals surface area contributed by atoms with Crippen LogP contribution in [-0.4, -0.2) is 57.1 Å². The fraction of sp³-hybridized carbons (Fsp3) is 0.455. The molecule has 1 aliphatic heterocycles. The van der Waals surface area contributed by atoms with Gasteiger partial charge in [0, 0.05) is 25.7 Å². The molecule has 1 atom stereocenters. The average Bonchev–Trinajstić information content (AvgIpc) is 2.93. The number of nitrogens with one attached hydrogen (secondary N) is 2. The topological polar surface area (TPSA) is 117 Å². The molecule has 3 rings (SSSR count). The summed E-state index contributed by atoms with van der Waals surface area (Å²) in [7, 11) is 1.52. The Labute approximate surface area is 181 Å². The molecule has 0 aliphatic carbocycles. The minimum Gasteiger partial charge on any atom is -0.465 e. The number of carboxylic acid groups (broad SMARTS) is 1. The molecular formula is C22H29N5O4. The lowest BCUT2D eigenvalue weighted by Gasteiger charge is -2.29. The highest BCUT2D eigenvalue weighted by Crippen LogP contribution is 2.27. The summed E-state index contributed by atoms with van der Waals surface area (Å²) in [5.74, 6) is -0.191. The van der Waals surface area contributed by atoms with E-state index in [-0.39, 0.29) is 18.1 Å². The van der Waals surface area contributed by atoms with Crippen LogP contribution in [0.2, 0.25) is 0 Å². The Hall–Kier alpha value is -3.36.